The Morgan fingerprint density at radius 2 is 2.00 bits per heavy atom. The summed E-state index contributed by atoms with van der Waals surface area (Å²) in [5.74, 6) is 0. The van der Waals surface area contributed by atoms with E-state index in [9.17, 15) is 18.5 Å². The third kappa shape index (κ3) is 3.46. The summed E-state index contributed by atoms with van der Waals surface area (Å²) in [5.41, 5.74) is 0.157. The van der Waals surface area contributed by atoms with Crippen LogP contribution in [0.4, 0.5) is 11.4 Å². The molecule has 126 valence electrons. The summed E-state index contributed by atoms with van der Waals surface area (Å²) >= 11 is 0. The highest BCUT2D eigenvalue weighted by Gasteiger charge is 2.31. The fourth-order valence-electron chi connectivity index (χ4n) is 3.19. The summed E-state index contributed by atoms with van der Waals surface area (Å²) in [6, 6.07) is 4.33. The number of hydrogen-bond acceptors (Lipinski definition) is 7. The van der Waals surface area contributed by atoms with Crippen LogP contribution >= 0.6 is 0 Å². The predicted octanol–water partition coefficient (Wildman–Crippen LogP) is 0.410. The van der Waals surface area contributed by atoms with Crippen LogP contribution in [0.15, 0.2) is 23.1 Å². The Morgan fingerprint density at radius 1 is 1.30 bits per heavy atom. The fraction of sp³-hybridized carbons (Fsp3) is 0.571. The minimum absolute atomic E-state index is 0.0404. The summed E-state index contributed by atoms with van der Waals surface area (Å²) in [4.78, 5) is 15.4. The van der Waals surface area contributed by atoms with Gasteiger partial charge < -0.3 is 5.32 Å². The van der Waals surface area contributed by atoms with Crippen LogP contribution < -0.4 is 5.32 Å². The van der Waals surface area contributed by atoms with Crippen LogP contribution in [-0.4, -0.2) is 74.7 Å². The molecular formula is C14H20N4O4S. The Labute approximate surface area is 135 Å². The molecule has 0 radical (unpaired) electrons. The summed E-state index contributed by atoms with van der Waals surface area (Å²) in [6.07, 6.45) is 1.04. The van der Waals surface area contributed by atoms with Crippen molar-refractivity contribution in [1.29, 1.82) is 0 Å². The zero-order chi connectivity index (χ0) is 16.6. The summed E-state index contributed by atoms with van der Waals surface area (Å²) < 4.78 is 23.1. The Kier molecular flexibility index (Phi) is 4.26. The molecule has 2 bridgehead atoms. The lowest BCUT2D eigenvalue weighted by Gasteiger charge is -2.47. The van der Waals surface area contributed by atoms with Gasteiger partial charge in [-0.15, -0.1) is 0 Å². The third-order valence-corrected chi connectivity index (χ3v) is 5.62. The number of nitrogens with one attached hydrogen (secondary N) is 1. The van der Waals surface area contributed by atoms with E-state index in [2.05, 4.69) is 15.1 Å². The molecule has 1 unspecified atom stereocenters. The van der Waals surface area contributed by atoms with Crippen LogP contribution in [0.2, 0.25) is 0 Å². The van der Waals surface area contributed by atoms with Crippen LogP contribution in [0.25, 0.3) is 0 Å². The maximum Gasteiger partial charge on any atom is 0.293 e. The maximum atomic E-state index is 11.6. The Morgan fingerprint density at radius 3 is 2.52 bits per heavy atom. The van der Waals surface area contributed by atoms with Crippen LogP contribution in [0.3, 0.4) is 0 Å². The number of sulfone groups is 1. The molecule has 23 heavy (non-hydrogen) atoms. The number of nitrogens with zero attached hydrogens (tertiary/aromatic N) is 3. The molecule has 1 atom stereocenters. The van der Waals surface area contributed by atoms with E-state index in [-0.39, 0.29) is 10.6 Å². The molecule has 3 aliphatic heterocycles. The van der Waals surface area contributed by atoms with Crippen molar-refractivity contribution >= 4 is 21.2 Å². The molecule has 4 rings (SSSR count). The molecule has 0 aliphatic carbocycles. The van der Waals surface area contributed by atoms with Gasteiger partial charge in [-0.1, -0.05) is 0 Å². The van der Waals surface area contributed by atoms with Gasteiger partial charge in [-0.2, -0.15) is 0 Å². The SMILES string of the molecule is CS(=O)(=O)c1ccc(NCC2CN3CCN2CC3)c([N+](=O)[O-])c1. The molecule has 3 fully saturated rings. The van der Waals surface area contributed by atoms with Gasteiger partial charge >= 0.3 is 0 Å². The first kappa shape index (κ1) is 16.2. The van der Waals surface area contributed by atoms with Crippen molar-refractivity contribution in [3.05, 3.63) is 28.3 Å². The lowest BCUT2D eigenvalue weighted by atomic mass is 10.1. The van der Waals surface area contributed by atoms with Gasteiger partial charge in [0.1, 0.15) is 5.69 Å². The van der Waals surface area contributed by atoms with Crippen molar-refractivity contribution in [3.63, 3.8) is 0 Å². The summed E-state index contributed by atoms with van der Waals surface area (Å²) in [7, 11) is -3.47. The number of anilines is 1. The standard InChI is InChI=1S/C14H20N4O4S/c1-23(21,22)12-2-3-13(14(8-12)18(19)20)15-9-11-10-16-4-6-17(11)7-5-16/h2-3,8,11,15H,4-7,9-10H2,1H3. The second-order valence-electron chi connectivity index (χ2n) is 6.08. The molecule has 1 aromatic rings. The number of hydrogen-bond donors (Lipinski definition) is 1. The largest absolute Gasteiger partial charge is 0.378 e. The maximum absolute atomic E-state index is 11.6. The van der Waals surface area contributed by atoms with Gasteiger partial charge in [-0.25, -0.2) is 8.42 Å². The lowest BCUT2D eigenvalue weighted by Crippen LogP contribution is -2.62. The average Bonchev–Trinajstić information content (AvgIpc) is 2.53. The predicted molar refractivity (Wildman–Crippen MR) is 86.5 cm³/mol. The van der Waals surface area contributed by atoms with Crippen molar-refractivity contribution in [2.24, 2.45) is 0 Å². The zero-order valence-electron chi connectivity index (χ0n) is 12.9. The van der Waals surface area contributed by atoms with Crippen molar-refractivity contribution in [2.75, 3.05) is 50.8 Å². The van der Waals surface area contributed by atoms with Crippen LogP contribution in [-0.2, 0) is 9.84 Å². The molecule has 0 saturated carbocycles. The second kappa shape index (κ2) is 6.06. The van der Waals surface area contributed by atoms with Crippen LogP contribution in [0.1, 0.15) is 0 Å². The molecule has 0 spiro atoms. The van der Waals surface area contributed by atoms with E-state index >= 15 is 0 Å². The van der Waals surface area contributed by atoms with Crippen molar-refractivity contribution in [1.82, 2.24) is 9.80 Å². The lowest BCUT2D eigenvalue weighted by molar-refractivity contribution is -0.384. The number of fused-ring (bicyclic) bond motifs is 3. The third-order valence-electron chi connectivity index (χ3n) is 4.51. The van der Waals surface area contributed by atoms with Gasteiger partial charge in [-0.3, -0.25) is 19.9 Å². The van der Waals surface area contributed by atoms with E-state index in [1.807, 2.05) is 0 Å². The number of rotatable bonds is 5. The first-order chi connectivity index (χ1) is 10.8. The number of nitro groups is 1. The Balaban J connectivity index is 1.76. The highest BCUT2D eigenvalue weighted by Crippen LogP contribution is 2.28. The number of benzene rings is 1. The molecule has 1 N–H and O–H groups in total. The van der Waals surface area contributed by atoms with E-state index in [0.29, 0.717) is 18.3 Å². The summed E-state index contributed by atoms with van der Waals surface area (Å²) in [6.45, 7) is 5.79. The second-order valence-corrected chi connectivity index (χ2v) is 8.10. The van der Waals surface area contributed by atoms with E-state index in [4.69, 9.17) is 0 Å². The van der Waals surface area contributed by atoms with Crippen molar-refractivity contribution < 1.29 is 13.3 Å². The molecule has 3 heterocycles. The van der Waals surface area contributed by atoms with E-state index in [0.717, 1.165) is 45.0 Å². The first-order valence-corrected chi connectivity index (χ1v) is 9.42. The van der Waals surface area contributed by atoms with Gasteiger partial charge in [0.15, 0.2) is 9.84 Å². The minimum atomic E-state index is -3.47. The fourth-order valence-corrected chi connectivity index (χ4v) is 3.83. The van der Waals surface area contributed by atoms with E-state index in [1.54, 1.807) is 0 Å². The van der Waals surface area contributed by atoms with Crippen LogP contribution in [0.5, 0.6) is 0 Å². The normalized spacial score (nSPS) is 26.9. The molecule has 0 amide bonds. The molecule has 8 nitrogen and oxygen atoms in total. The molecule has 3 saturated heterocycles. The number of nitro benzene ring substituents is 1. The molecule has 9 heteroatoms. The highest BCUT2D eigenvalue weighted by atomic mass is 32.2. The Hall–Kier alpha value is -1.71. The van der Waals surface area contributed by atoms with Gasteiger partial charge in [0.25, 0.3) is 5.69 Å². The number of piperazine rings is 3. The topological polar surface area (TPSA) is 95.8 Å². The zero-order valence-corrected chi connectivity index (χ0v) is 13.8. The highest BCUT2D eigenvalue weighted by molar-refractivity contribution is 7.90. The molecular weight excluding hydrogens is 320 g/mol. The molecule has 3 aliphatic rings. The Bertz CT molecular complexity index is 713. The molecule has 1 aromatic carbocycles. The minimum Gasteiger partial charge on any atom is -0.378 e. The van der Waals surface area contributed by atoms with Gasteiger partial charge in [0, 0.05) is 57.6 Å². The quantitative estimate of drug-likeness (QED) is 0.612. The van der Waals surface area contributed by atoms with Gasteiger partial charge in [0.05, 0.1) is 9.82 Å². The average molecular weight is 340 g/mol. The van der Waals surface area contributed by atoms with E-state index in [1.165, 1.54) is 12.1 Å². The van der Waals surface area contributed by atoms with Crippen molar-refractivity contribution in [2.45, 2.75) is 10.9 Å². The van der Waals surface area contributed by atoms with E-state index < -0.39 is 14.8 Å². The van der Waals surface area contributed by atoms with Crippen LogP contribution in [0, 0.1) is 10.1 Å². The summed E-state index contributed by atoms with van der Waals surface area (Å²) in [5, 5.41) is 14.4. The molecule has 0 aromatic heterocycles. The van der Waals surface area contributed by atoms with Gasteiger partial charge in [-0.05, 0) is 12.1 Å². The monoisotopic (exact) mass is 340 g/mol. The van der Waals surface area contributed by atoms with Gasteiger partial charge in [0.2, 0.25) is 0 Å². The first-order valence-electron chi connectivity index (χ1n) is 7.53. The van der Waals surface area contributed by atoms with Crippen molar-refractivity contribution in [3.8, 4) is 0 Å². The smallest absolute Gasteiger partial charge is 0.293 e.